The molecule has 0 aliphatic carbocycles. The number of ether oxygens (including phenoxy) is 1. The maximum Gasteiger partial charge on any atom is 0.322 e. The molecular weight excluding hydrogens is 232 g/mol. The molecule has 6 nitrogen and oxygen atoms in total. The van der Waals surface area contributed by atoms with E-state index < -0.39 is 6.04 Å². The molecule has 0 fully saturated rings. The third-order valence-corrected chi connectivity index (χ3v) is 2.51. The van der Waals surface area contributed by atoms with E-state index in [0.29, 0.717) is 26.0 Å². The van der Waals surface area contributed by atoms with Gasteiger partial charge in [0.1, 0.15) is 6.04 Å². The van der Waals surface area contributed by atoms with Crippen molar-refractivity contribution >= 4 is 11.9 Å². The van der Waals surface area contributed by atoms with Gasteiger partial charge in [-0.25, -0.2) is 0 Å². The van der Waals surface area contributed by atoms with Crippen LogP contribution in [0.25, 0.3) is 0 Å². The molecule has 0 unspecified atom stereocenters. The molecule has 18 heavy (non-hydrogen) atoms. The zero-order valence-corrected chi connectivity index (χ0v) is 11.2. The van der Waals surface area contributed by atoms with Crippen LogP contribution in [-0.2, 0) is 9.53 Å². The molecule has 6 heteroatoms. The first-order valence-electron chi connectivity index (χ1n) is 6.55. The van der Waals surface area contributed by atoms with E-state index in [0.717, 1.165) is 19.3 Å². The maximum absolute atomic E-state index is 11.5. The lowest BCUT2D eigenvalue weighted by atomic mass is 10.1. The SMILES string of the molecule is CCCCCCOC(=O)[C@H](N)CCCN=C(N)N. The van der Waals surface area contributed by atoms with Gasteiger partial charge < -0.3 is 21.9 Å². The monoisotopic (exact) mass is 258 g/mol. The highest BCUT2D eigenvalue weighted by Gasteiger charge is 2.13. The van der Waals surface area contributed by atoms with Crippen molar-refractivity contribution < 1.29 is 9.53 Å². The average molecular weight is 258 g/mol. The Morgan fingerprint density at radius 1 is 1.22 bits per heavy atom. The number of carbonyl (C=O) groups is 1. The predicted octanol–water partition coefficient (Wildman–Crippen LogP) is 0.491. The first-order chi connectivity index (χ1) is 8.57. The minimum Gasteiger partial charge on any atom is -0.465 e. The predicted molar refractivity (Wildman–Crippen MR) is 73.0 cm³/mol. The molecule has 0 saturated carbocycles. The van der Waals surface area contributed by atoms with Crippen LogP contribution >= 0.6 is 0 Å². The number of guanidine groups is 1. The number of esters is 1. The van der Waals surface area contributed by atoms with E-state index in [1.807, 2.05) is 0 Å². The van der Waals surface area contributed by atoms with Crippen molar-refractivity contribution in [3.63, 3.8) is 0 Å². The van der Waals surface area contributed by atoms with Crippen LogP contribution in [0.5, 0.6) is 0 Å². The molecule has 1 atom stereocenters. The Morgan fingerprint density at radius 2 is 1.94 bits per heavy atom. The van der Waals surface area contributed by atoms with Crippen molar-refractivity contribution in [2.75, 3.05) is 13.2 Å². The summed E-state index contributed by atoms with van der Waals surface area (Å²) in [4.78, 5) is 15.3. The Labute approximate surface area is 109 Å². The van der Waals surface area contributed by atoms with Crippen molar-refractivity contribution in [3.05, 3.63) is 0 Å². The van der Waals surface area contributed by atoms with Crippen LogP contribution in [0.3, 0.4) is 0 Å². The van der Waals surface area contributed by atoms with E-state index in [2.05, 4.69) is 11.9 Å². The zero-order chi connectivity index (χ0) is 13.8. The molecule has 106 valence electrons. The summed E-state index contributed by atoms with van der Waals surface area (Å²) in [7, 11) is 0. The standard InChI is InChI=1S/C12H26N4O2/c1-2-3-4-5-9-18-11(17)10(13)7-6-8-16-12(14)15/h10H,2-9,13H2,1H3,(H4,14,15,16)/t10-/m1/s1. The summed E-state index contributed by atoms with van der Waals surface area (Å²) in [6.07, 6.45) is 5.53. The summed E-state index contributed by atoms with van der Waals surface area (Å²) in [5.41, 5.74) is 16.0. The van der Waals surface area contributed by atoms with Gasteiger partial charge in [-0.1, -0.05) is 26.2 Å². The minimum atomic E-state index is -0.578. The fraction of sp³-hybridized carbons (Fsp3) is 0.833. The number of carbonyl (C=O) groups excluding carboxylic acids is 1. The van der Waals surface area contributed by atoms with Crippen LogP contribution in [0, 0.1) is 0 Å². The van der Waals surface area contributed by atoms with Gasteiger partial charge in [-0.2, -0.15) is 0 Å². The molecule has 0 bridgehead atoms. The van der Waals surface area contributed by atoms with E-state index in [1.54, 1.807) is 0 Å². The first kappa shape index (κ1) is 16.7. The molecule has 6 N–H and O–H groups in total. The molecule has 0 spiro atoms. The van der Waals surface area contributed by atoms with Gasteiger partial charge in [0.25, 0.3) is 0 Å². The fourth-order valence-electron chi connectivity index (χ4n) is 1.45. The number of hydrogen-bond donors (Lipinski definition) is 3. The van der Waals surface area contributed by atoms with Crippen LogP contribution in [0.2, 0.25) is 0 Å². The molecule has 0 aromatic carbocycles. The van der Waals surface area contributed by atoms with Gasteiger partial charge in [0.2, 0.25) is 0 Å². The number of nitrogens with zero attached hydrogens (tertiary/aromatic N) is 1. The molecule has 0 aliphatic rings. The van der Waals surface area contributed by atoms with E-state index in [9.17, 15) is 4.79 Å². The second-order valence-electron chi connectivity index (χ2n) is 4.28. The smallest absolute Gasteiger partial charge is 0.322 e. The molecule has 0 saturated heterocycles. The largest absolute Gasteiger partial charge is 0.465 e. The van der Waals surface area contributed by atoms with Crippen LogP contribution in [0.4, 0.5) is 0 Å². The topological polar surface area (TPSA) is 117 Å². The van der Waals surface area contributed by atoms with Gasteiger partial charge in [0.05, 0.1) is 6.61 Å². The average Bonchev–Trinajstić information content (AvgIpc) is 2.33. The number of unbranched alkanes of at least 4 members (excludes halogenated alkanes) is 3. The lowest BCUT2D eigenvalue weighted by Crippen LogP contribution is -2.32. The van der Waals surface area contributed by atoms with Crippen LogP contribution in [0.15, 0.2) is 4.99 Å². The van der Waals surface area contributed by atoms with Gasteiger partial charge >= 0.3 is 5.97 Å². The quantitative estimate of drug-likeness (QED) is 0.228. The van der Waals surface area contributed by atoms with Crippen molar-refractivity contribution in [2.45, 2.75) is 51.5 Å². The lowest BCUT2D eigenvalue weighted by molar-refractivity contribution is -0.145. The molecule has 0 radical (unpaired) electrons. The summed E-state index contributed by atoms with van der Waals surface area (Å²) < 4.78 is 5.08. The van der Waals surface area contributed by atoms with Gasteiger partial charge in [0, 0.05) is 6.54 Å². The highest BCUT2D eigenvalue weighted by atomic mass is 16.5. The summed E-state index contributed by atoms with van der Waals surface area (Å²) in [6.45, 7) is 3.08. The molecule has 0 aliphatic heterocycles. The van der Waals surface area contributed by atoms with Crippen molar-refractivity contribution in [3.8, 4) is 0 Å². The van der Waals surface area contributed by atoms with Crippen molar-refractivity contribution in [1.29, 1.82) is 0 Å². The number of rotatable bonds is 10. The zero-order valence-electron chi connectivity index (χ0n) is 11.2. The van der Waals surface area contributed by atoms with Gasteiger partial charge in [-0.15, -0.1) is 0 Å². The summed E-state index contributed by atoms with van der Waals surface area (Å²) >= 11 is 0. The second-order valence-corrected chi connectivity index (χ2v) is 4.28. The third-order valence-electron chi connectivity index (χ3n) is 2.51. The number of hydrogen-bond acceptors (Lipinski definition) is 4. The normalized spacial score (nSPS) is 11.9. The highest BCUT2D eigenvalue weighted by molar-refractivity contribution is 5.76. The van der Waals surface area contributed by atoms with Crippen LogP contribution < -0.4 is 17.2 Å². The second kappa shape index (κ2) is 10.8. The molecule has 0 rings (SSSR count). The van der Waals surface area contributed by atoms with E-state index in [4.69, 9.17) is 21.9 Å². The van der Waals surface area contributed by atoms with Crippen LogP contribution in [0.1, 0.15) is 45.4 Å². The van der Waals surface area contributed by atoms with Crippen molar-refractivity contribution in [1.82, 2.24) is 0 Å². The van der Waals surface area contributed by atoms with Crippen LogP contribution in [-0.4, -0.2) is 31.1 Å². The first-order valence-corrected chi connectivity index (χ1v) is 6.55. The molecule has 0 aromatic rings. The Balaban J connectivity index is 3.54. The van der Waals surface area contributed by atoms with E-state index >= 15 is 0 Å². The summed E-state index contributed by atoms with van der Waals surface area (Å²) in [5.74, 6) is -0.279. The third kappa shape index (κ3) is 9.89. The molecule has 0 heterocycles. The van der Waals surface area contributed by atoms with E-state index in [1.165, 1.54) is 6.42 Å². The van der Waals surface area contributed by atoms with Gasteiger partial charge in [-0.3, -0.25) is 9.79 Å². The molecular formula is C12H26N4O2. The summed E-state index contributed by atoms with van der Waals surface area (Å²) in [6, 6.07) is -0.578. The maximum atomic E-state index is 11.5. The molecule has 0 aromatic heterocycles. The highest BCUT2D eigenvalue weighted by Crippen LogP contribution is 2.01. The Morgan fingerprint density at radius 3 is 2.56 bits per heavy atom. The minimum absolute atomic E-state index is 0.0575. The lowest BCUT2D eigenvalue weighted by Gasteiger charge is -2.10. The molecule has 0 amide bonds. The van der Waals surface area contributed by atoms with Gasteiger partial charge in [0.15, 0.2) is 5.96 Å². The fourth-order valence-corrected chi connectivity index (χ4v) is 1.45. The number of aliphatic imine (C=N–C) groups is 1. The number of nitrogens with two attached hydrogens (primary N) is 3. The summed E-state index contributed by atoms with van der Waals surface area (Å²) in [5, 5.41) is 0. The Kier molecular flexibility index (Phi) is 10.0. The Hall–Kier alpha value is -1.30. The van der Waals surface area contributed by atoms with Gasteiger partial charge in [-0.05, 0) is 19.3 Å². The Bertz CT molecular complexity index is 252. The van der Waals surface area contributed by atoms with Crippen molar-refractivity contribution in [2.24, 2.45) is 22.2 Å². The van der Waals surface area contributed by atoms with E-state index in [-0.39, 0.29) is 11.9 Å².